The highest BCUT2D eigenvalue weighted by atomic mass is 32.2. The lowest BCUT2D eigenvalue weighted by Crippen LogP contribution is -2.43. The number of aromatic nitrogens is 1. The Morgan fingerprint density at radius 2 is 0.719 bits per heavy atom. The Morgan fingerprint density at radius 3 is 1.07 bits per heavy atom. The summed E-state index contributed by atoms with van der Waals surface area (Å²) in [6.45, 7) is 37.4. The number of oxazole rings is 1. The summed E-state index contributed by atoms with van der Waals surface area (Å²) in [5.74, 6) is 4.27. The molecule has 14 rings (SSSR count). The van der Waals surface area contributed by atoms with Crippen LogP contribution in [0, 0.1) is 41.4 Å². The zero-order valence-corrected chi connectivity index (χ0v) is 75.8. The summed E-state index contributed by atoms with van der Waals surface area (Å²) in [6, 6.07) is 42.9. The Labute approximate surface area is 766 Å². The number of fused-ring (bicyclic) bond motifs is 7. The van der Waals surface area contributed by atoms with Gasteiger partial charge in [-0.3, -0.25) is 9.36 Å². The number of aryl methyl sites for hydroxylation is 1. The third kappa shape index (κ3) is 35.0. The van der Waals surface area contributed by atoms with Crippen LogP contribution in [0.25, 0.3) is 11.1 Å². The zero-order chi connectivity index (χ0) is 89.2. The number of nitrogens with zero attached hydrogens (tertiary/aromatic N) is 6. The molecule has 0 atom stereocenters. The standard InChI is InChI=1S/C15H22N2O.C15H21NO.C14H18F3NO2S.C14H20N2O.C14H21NO2S.C12H15NO2.C11H12F2O2.7CH4/c1-11(2)8-12-4-5-13-6-7-17(15(18)16-3)10-14(13)9-12;1-11(2)8-13-4-5-14-6-7-16(12(3)17)10-15(14)9-13;1-10(2)7-11-3-4-12-5-6-18(9-13(12)8-11)21(19,20)14(15,16)17;1-10(2)7-11-3-4-12-5-6-16(14(15)17)9-13(12)8-11;1-11(2)8-12-4-5-13-6-7-15(18(3,16)17)10-14(13)9-12;1-8(2)6-9-4-5-11-10(7-9)13(3)12(14)15-11;1-7(2)5-8-3-4-9-10(6-8)15-11(12,13)14-9;;;;;;;/h4-5,9,11H,6-8,10H2,1-3H3,(H,16,18);4-5,9,11H,6-8,10H2,1-3H3;3-4,8,10H,5-7,9H2,1-2H3;3-4,8,10H,5-7,9H2,1-2H3,(H2,15,17);4-5,9,11H,6-8,10H2,1-3H3;4-5,7-8H,6H2,1-3H3;3-4,6-7H,5H2,1-2H3;7*1H4. The van der Waals surface area contributed by atoms with Gasteiger partial charge in [0.2, 0.25) is 15.9 Å². The van der Waals surface area contributed by atoms with Crippen molar-refractivity contribution in [3.8, 4) is 11.5 Å². The molecule has 0 saturated carbocycles. The third-order valence-corrected chi connectivity index (χ3v) is 24.4. The number of nitrogens with two attached hydrogens (primary N) is 1. The molecule has 128 heavy (non-hydrogen) atoms. The van der Waals surface area contributed by atoms with Crippen molar-refractivity contribution in [3.63, 3.8) is 0 Å². The minimum Gasteiger partial charge on any atom is -0.408 e. The van der Waals surface area contributed by atoms with E-state index >= 15 is 0 Å². The van der Waals surface area contributed by atoms with Gasteiger partial charge in [0, 0.05) is 86.5 Å². The van der Waals surface area contributed by atoms with Crippen molar-refractivity contribution >= 4 is 49.1 Å². The number of halogens is 5. The quantitative estimate of drug-likeness (QED) is 0.0865. The van der Waals surface area contributed by atoms with E-state index in [2.05, 4.69) is 185 Å². The van der Waals surface area contributed by atoms with Crippen LogP contribution < -0.4 is 26.3 Å². The minimum atomic E-state index is -5.24. The van der Waals surface area contributed by atoms with Gasteiger partial charge >= 0.3 is 39.6 Å². The Kier molecular flexibility index (Phi) is 47.5. The van der Waals surface area contributed by atoms with E-state index in [0.29, 0.717) is 82.9 Å². The molecule has 7 aromatic carbocycles. The van der Waals surface area contributed by atoms with Crippen LogP contribution in [-0.4, -0.2) is 121 Å². The number of amides is 5. The molecule has 0 radical (unpaired) electrons. The summed E-state index contributed by atoms with van der Waals surface area (Å²) >= 11 is 0. The second kappa shape index (κ2) is 52.1. The lowest BCUT2D eigenvalue weighted by molar-refractivity contribution is -0.286. The molecule has 0 saturated heterocycles. The predicted octanol–water partition coefficient (Wildman–Crippen LogP) is 23.0. The number of nitrogens with one attached hydrogen (secondary N) is 1. The molecule has 0 spiro atoms. The smallest absolute Gasteiger partial charge is 0.408 e. The van der Waals surface area contributed by atoms with Gasteiger partial charge in [0.1, 0.15) is 0 Å². The third-order valence-electron chi connectivity index (χ3n) is 21.5. The van der Waals surface area contributed by atoms with E-state index in [1.54, 1.807) is 46.9 Å². The van der Waals surface area contributed by atoms with Crippen LogP contribution in [0.2, 0.25) is 0 Å². The van der Waals surface area contributed by atoms with Gasteiger partial charge in [-0.15, -0.1) is 8.78 Å². The summed E-state index contributed by atoms with van der Waals surface area (Å²) in [6.07, 6.45) is 8.82. The fourth-order valence-electron chi connectivity index (χ4n) is 15.8. The number of alkyl halides is 5. The van der Waals surface area contributed by atoms with Crippen LogP contribution in [0.5, 0.6) is 11.5 Å². The fourth-order valence-corrected chi connectivity index (χ4v) is 17.5. The lowest BCUT2D eigenvalue weighted by Gasteiger charge is -2.29. The molecule has 5 amide bonds. The molecule has 3 N–H and O–H groups in total. The van der Waals surface area contributed by atoms with Crippen LogP contribution in [0.3, 0.4) is 0 Å². The zero-order valence-electron chi connectivity index (χ0n) is 74.2. The van der Waals surface area contributed by atoms with Gasteiger partial charge in [-0.2, -0.15) is 21.8 Å². The molecule has 6 aliphatic rings. The first-order chi connectivity index (χ1) is 56.7. The van der Waals surface area contributed by atoms with Crippen molar-refractivity contribution in [3.05, 3.63) is 233 Å². The number of hydrogen-bond acceptors (Lipinski definition) is 11. The Morgan fingerprint density at radius 1 is 0.422 bits per heavy atom. The lowest BCUT2D eigenvalue weighted by atomic mass is 9.94. The van der Waals surface area contributed by atoms with Gasteiger partial charge in [0.05, 0.1) is 11.8 Å². The highest BCUT2D eigenvalue weighted by Crippen LogP contribution is 2.42. The number of carbonyl (C=O) groups is 3. The Balaban J connectivity index is 0.000000741. The number of urea groups is 2. The Bertz CT molecular complexity index is 5060. The van der Waals surface area contributed by atoms with E-state index in [1.165, 1.54) is 84.6 Å². The SMILES string of the molecule is C.C.C.C.C.C.C.CC(=O)N1CCc2ccc(CC(C)C)cc2C1.CC(C)Cc1ccc2c(c1)CN(C(N)=O)CC2.CC(C)Cc1ccc2c(c1)CN(S(=O)(=O)C(F)(F)F)CC2.CC(C)Cc1ccc2c(c1)CN(S(C)(=O)=O)CC2.CC(C)Cc1ccc2c(c1)OC(F)(F)O2.CC(C)Cc1ccc2oc(=O)n(C)c2c1.CNC(=O)N1CCc2ccc(CC(C)C)cc2C1. The summed E-state index contributed by atoms with van der Waals surface area (Å²) < 4.78 is 127. The maximum atomic E-state index is 12.7. The minimum absolute atomic E-state index is 0. The number of benzene rings is 7. The summed E-state index contributed by atoms with van der Waals surface area (Å²) in [7, 11) is -4.90. The topological polar surface area (TPSA) is 227 Å². The average Bonchev–Trinajstić information content (AvgIpc) is 1.18. The van der Waals surface area contributed by atoms with E-state index < -0.39 is 31.8 Å². The molecule has 8 aromatic rings. The van der Waals surface area contributed by atoms with Gasteiger partial charge in [-0.25, -0.2) is 31.2 Å². The van der Waals surface area contributed by atoms with Crippen molar-refractivity contribution in [2.75, 3.05) is 46.0 Å². The van der Waals surface area contributed by atoms with Crippen molar-refractivity contribution in [2.24, 2.45) is 54.2 Å². The number of hydrogen-bond donors (Lipinski definition) is 2. The Hall–Kier alpha value is -9.11. The van der Waals surface area contributed by atoms with Gasteiger partial charge < -0.3 is 39.6 Å². The van der Waals surface area contributed by atoms with Crippen LogP contribution in [0.15, 0.2) is 137 Å². The summed E-state index contributed by atoms with van der Waals surface area (Å²) in [5, 5.41) is 2.70. The fraction of sp³-hybridized carbons (Fsp3) is 0.549. The molecule has 19 nitrogen and oxygen atoms in total. The monoisotopic (exact) mass is 1830 g/mol. The average molecular weight is 1830 g/mol. The number of rotatable bonds is 16. The molecule has 7 heterocycles. The van der Waals surface area contributed by atoms with Crippen LogP contribution in [0.1, 0.15) is 250 Å². The first-order valence-corrected chi connectivity index (χ1v) is 45.8. The number of primary amides is 1. The largest absolute Gasteiger partial charge is 0.586 e. The molecule has 718 valence electrons. The molecular weight excluding hydrogens is 1670 g/mol. The van der Waals surface area contributed by atoms with Crippen molar-refractivity contribution < 1.29 is 67.1 Å². The maximum absolute atomic E-state index is 12.7. The van der Waals surface area contributed by atoms with E-state index in [-0.39, 0.29) is 100 Å². The molecule has 0 bridgehead atoms. The first kappa shape index (κ1) is 117. The van der Waals surface area contributed by atoms with E-state index in [4.69, 9.17) is 10.2 Å². The molecule has 6 aliphatic heterocycles. The normalized spacial score (nSPS) is 14.5. The van der Waals surface area contributed by atoms with Crippen LogP contribution in [-0.2, 0) is 142 Å². The van der Waals surface area contributed by atoms with Gasteiger partial charge in [0.15, 0.2) is 17.1 Å². The second-order valence-corrected chi connectivity index (χ2v) is 39.6. The van der Waals surface area contributed by atoms with Gasteiger partial charge in [-0.05, 0) is 237 Å². The van der Waals surface area contributed by atoms with Gasteiger partial charge in [0.25, 0.3) is 0 Å². The van der Waals surface area contributed by atoms with Crippen molar-refractivity contribution in [1.82, 2.24) is 33.2 Å². The van der Waals surface area contributed by atoms with Crippen molar-refractivity contribution in [2.45, 2.75) is 277 Å². The van der Waals surface area contributed by atoms with E-state index in [0.717, 1.165) is 126 Å². The first-order valence-electron chi connectivity index (χ1n) is 42.5. The number of carbonyl (C=O) groups excluding carboxylic acids is 3. The van der Waals surface area contributed by atoms with Gasteiger partial charge in [-0.1, -0.05) is 252 Å². The number of ether oxygens (including phenoxy) is 2. The van der Waals surface area contributed by atoms with Crippen molar-refractivity contribution in [1.29, 1.82) is 0 Å². The van der Waals surface area contributed by atoms with Crippen LogP contribution in [0.4, 0.5) is 31.5 Å². The second-order valence-electron chi connectivity index (χ2n) is 35.7. The molecule has 0 aliphatic carbocycles. The predicted molar refractivity (Wildman–Crippen MR) is 518 cm³/mol. The number of sulfonamides is 2. The van der Waals surface area contributed by atoms with E-state index in [1.807, 2.05) is 46.2 Å². The molecule has 1 aromatic heterocycles. The summed E-state index contributed by atoms with van der Waals surface area (Å²) in [4.78, 5) is 51.0. The van der Waals surface area contributed by atoms with Crippen LogP contribution >= 0.6 is 0 Å². The highest BCUT2D eigenvalue weighted by molar-refractivity contribution is 7.90. The van der Waals surface area contributed by atoms with E-state index in [9.17, 15) is 58.0 Å². The summed E-state index contributed by atoms with van der Waals surface area (Å²) in [5.41, 5.74) is 22.4. The molecular formula is C102H157F5N8O11S2. The molecule has 0 fully saturated rings. The molecule has 0 unspecified atom stereocenters. The molecule has 26 heteroatoms. The maximum Gasteiger partial charge on any atom is 0.586 e. The highest BCUT2D eigenvalue weighted by Gasteiger charge is 2.50.